The molecule has 2 saturated heterocycles. The van der Waals surface area contributed by atoms with E-state index in [-0.39, 0.29) is 36.3 Å². The Balaban J connectivity index is 0.00000176. The fourth-order valence-electron chi connectivity index (χ4n) is 3.35. The van der Waals surface area contributed by atoms with Crippen molar-refractivity contribution in [2.45, 2.75) is 25.4 Å². The molecule has 1 unspecified atom stereocenters. The second kappa shape index (κ2) is 7.44. The number of carbonyl (C=O) groups excluding carboxylic acids is 1. The van der Waals surface area contributed by atoms with E-state index in [1.165, 1.54) is 0 Å². The molecule has 0 bridgehead atoms. The third-order valence-electron chi connectivity index (χ3n) is 4.45. The summed E-state index contributed by atoms with van der Waals surface area (Å²) < 4.78 is 7.44. The molecule has 3 rings (SSSR count). The molecule has 1 amide bonds. The Kier molecular flexibility index (Phi) is 5.83. The van der Waals surface area contributed by atoms with Gasteiger partial charge in [-0.05, 0) is 18.9 Å². The monoisotopic (exact) mass is 328 g/mol. The van der Waals surface area contributed by atoms with Gasteiger partial charge in [-0.2, -0.15) is 5.10 Å². The van der Waals surface area contributed by atoms with Crippen LogP contribution in [0.5, 0.6) is 0 Å². The fraction of sp³-hybridized carbons (Fsp3) is 0.733. The van der Waals surface area contributed by atoms with Crippen molar-refractivity contribution < 1.29 is 9.53 Å². The molecule has 22 heavy (non-hydrogen) atoms. The van der Waals surface area contributed by atoms with Crippen LogP contribution in [-0.2, 0) is 16.6 Å². The van der Waals surface area contributed by atoms with Crippen molar-refractivity contribution in [3.8, 4) is 0 Å². The second-order valence-electron chi connectivity index (χ2n) is 6.14. The van der Waals surface area contributed by atoms with E-state index in [1.807, 2.05) is 31.3 Å². The van der Waals surface area contributed by atoms with Crippen LogP contribution in [0, 0.1) is 5.92 Å². The number of nitrogens with one attached hydrogen (secondary N) is 1. The molecule has 0 saturated carbocycles. The molecule has 124 valence electrons. The number of aromatic nitrogens is 2. The van der Waals surface area contributed by atoms with Crippen LogP contribution in [0.15, 0.2) is 12.4 Å². The van der Waals surface area contributed by atoms with Crippen molar-refractivity contribution >= 4 is 18.3 Å². The molecule has 1 N–H and O–H groups in total. The van der Waals surface area contributed by atoms with Crippen LogP contribution in [0.2, 0.25) is 0 Å². The second-order valence-corrected chi connectivity index (χ2v) is 6.14. The van der Waals surface area contributed by atoms with Gasteiger partial charge in [0, 0.05) is 51.9 Å². The van der Waals surface area contributed by atoms with Gasteiger partial charge in [0.15, 0.2) is 0 Å². The van der Waals surface area contributed by atoms with E-state index in [0.29, 0.717) is 6.54 Å². The zero-order valence-electron chi connectivity index (χ0n) is 13.2. The molecule has 1 aromatic heterocycles. The van der Waals surface area contributed by atoms with Gasteiger partial charge in [-0.3, -0.25) is 9.48 Å². The van der Waals surface area contributed by atoms with Gasteiger partial charge in [-0.25, -0.2) is 0 Å². The lowest BCUT2D eigenvalue weighted by molar-refractivity contribution is -0.136. The number of ether oxygens (including phenoxy) is 1. The number of hydrogen-bond donors (Lipinski definition) is 1. The smallest absolute Gasteiger partial charge is 0.227 e. The minimum Gasteiger partial charge on any atom is -0.377 e. The molecular weight excluding hydrogens is 304 g/mol. The SMILES string of the molecule is CC1CN(C(=O)[C@H]2CNC[C@@H]2c2cnn(C)c2)CCCO1.Cl. The Morgan fingerprint density at radius 3 is 3.00 bits per heavy atom. The molecule has 3 heterocycles. The van der Waals surface area contributed by atoms with Crippen LogP contribution in [0.1, 0.15) is 24.8 Å². The van der Waals surface area contributed by atoms with Gasteiger partial charge >= 0.3 is 0 Å². The largest absolute Gasteiger partial charge is 0.377 e. The quantitative estimate of drug-likeness (QED) is 0.871. The van der Waals surface area contributed by atoms with Crippen LogP contribution in [0.25, 0.3) is 0 Å². The first-order chi connectivity index (χ1) is 10.1. The average Bonchev–Trinajstić information content (AvgIpc) is 3.04. The van der Waals surface area contributed by atoms with E-state index in [9.17, 15) is 4.79 Å². The zero-order chi connectivity index (χ0) is 14.8. The maximum atomic E-state index is 12.9. The normalized spacial score (nSPS) is 29.0. The standard InChI is InChI=1S/C15H24N4O2.ClH/c1-11-9-19(4-3-5-21-11)15(20)14-8-16-7-13(14)12-6-17-18(2)10-12;/h6,10-11,13-14,16H,3-5,7-9H2,1-2H3;1H/t11?,13-,14+;/m1./s1. The van der Waals surface area contributed by atoms with Crippen LogP contribution < -0.4 is 5.32 Å². The third kappa shape index (κ3) is 3.62. The van der Waals surface area contributed by atoms with E-state index in [1.54, 1.807) is 4.68 Å². The number of rotatable bonds is 2. The van der Waals surface area contributed by atoms with Gasteiger partial charge in [-0.1, -0.05) is 0 Å². The predicted molar refractivity (Wildman–Crippen MR) is 86.2 cm³/mol. The van der Waals surface area contributed by atoms with Gasteiger partial charge in [0.25, 0.3) is 0 Å². The van der Waals surface area contributed by atoms with E-state index >= 15 is 0 Å². The van der Waals surface area contributed by atoms with Crippen LogP contribution in [0.4, 0.5) is 0 Å². The first-order valence-corrected chi connectivity index (χ1v) is 7.75. The van der Waals surface area contributed by atoms with Crippen molar-refractivity contribution in [1.82, 2.24) is 20.0 Å². The highest BCUT2D eigenvalue weighted by Crippen LogP contribution is 2.29. The molecule has 7 heteroatoms. The summed E-state index contributed by atoms with van der Waals surface area (Å²) in [5.41, 5.74) is 1.15. The molecule has 0 radical (unpaired) electrons. The minimum absolute atomic E-state index is 0. The first-order valence-electron chi connectivity index (χ1n) is 7.75. The van der Waals surface area contributed by atoms with Gasteiger partial charge in [0.1, 0.15) is 0 Å². The molecule has 2 fully saturated rings. The van der Waals surface area contributed by atoms with Crippen LogP contribution >= 0.6 is 12.4 Å². The summed E-state index contributed by atoms with van der Waals surface area (Å²) in [4.78, 5) is 14.9. The Bertz CT molecular complexity index is 507. The number of hydrogen-bond acceptors (Lipinski definition) is 4. The zero-order valence-corrected chi connectivity index (χ0v) is 14.0. The van der Waals surface area contributed by atoms with E-state index in [4.69, 9.17) is 4.74 Å². The predicted octanol–water partition coefficient (Wildman–Crippen LogP) is 0.782. The molecule has 2 aliphatic heterocycles. The highest BCUT2D eigenvalue weighted by Gasteiger charge is 2.37. The van der Waals surface area contributed by atoms with E-state index in [2.05, 4.69) is 10.4 Å². The van der Waals surface area contributed by atoms with Gasteiger partial charge in [-0.15, -0.1) is 12.4 Å². The molecule has 3 atom stereocenters. The van der Waals surface area contributed by atoms with Crippen molar-refractivity contribution in [3.63, 3.8) is 0 Å². The summed E-state index contributed by atoms with van der Waals surface area (Å²) >= 11 is 0. The topological polar surface area (TPSA) is 59.4 Å². The van der Waals surface area contributed by atoms with Crippen LogP contribution in [-0.4, -0.2) is 59.5 Å². The Morgan fingerprint density at radius 2 is 2.27 bits per heavy atom. The maximum Gasteiger partial charge on any atom is 0.227 e. The number of amides is 1. The number of halogens is 1. The summed E-state index contributed by atoms with van der Waals surface area (Å²) in [5.74, 6) is 0.497. The van der Waals surface area contributed by atoms with Gasteiger partial charge in [0.05, 0.1) is 18.2 Å². The molecule has 0 aliphatic carbocycles. The number of nitrogens with zero attached hydrogens (tertiary/aromatic N) is 3. The molecule has 6 nitrogen and oxygen atoms in total. The minimum atomic E-state index is 0. The highest BCUT2D eigenvalue weighted by molar-refractivity contribution is 5.85. The first kappa shape index (κ1) is 17.2. The lowest BCUT2D eigenvalue weighted by atomic mass is 9.89. The molecule has 0 spiro atoms. The summed E-state index contributed by atoms with van der Waals surface area (Å²) in [7, 11) is 1.91. The number of carbonyl (C=O) groups is 1. The molecule has 2 aliphatic rings. The Labute approximate surface area is 137 Å². The van der Waals surface area contributed by atoms with E-state index < -0.39 is 0 Å². The Morgan fingerprint density at radius 1 is 1.45 bits per heavy atom. The lowest BCUT2D eigenvalue weighted by Gasteiger charge is -2.27. The fourth-order valence-corrected chi connectivity index (χ4v) is 3.35. The van der Waals surface area contributed by atoms with Crippen molar-refractivity contribution in [3.05, 3.63) is 18.0 Å². The molecular formula is C15H25ClN4O2. The van der Waals surface area contributed by atoms with E-state index in [0.717, 1.165) is 38.2 Å². The van der Waals surface area contributed by atoms with Gasteiger partial charge < -0.3 is 15.0 Å². The Hall–Kier alpha value is -1.11. The van der Waals surface area contributed by atoms with Crippen LogP contribution in [0.3, 0.4) is 0 Å². The van der Waals surface area contributed by atoms with Crippen molar-refractivity contribution in [2.75, 3.05) is 32.8 Å². The average molecular weight is 329 g/mol. The van der Waals surface area contributed by atoms with Crippen molar-refractivity contribution in [2.24, 2.45) is 13.0 Å². The number of aryl methyl sites for hydroxylation is 1. The summed E-state index contributed by atoms with van der Waals surface area (Å²) in [6, 6.07) is 0. The van der Waals surface area contributed by atoms with Gasteiger partial charge in [0.2, 0.25) is 5.91 Å². The lowest BCUT2D eigenvalue weighted by Crippen LogP contribution is -2.41. The molecule has 0 aromatic carbocycles. The highest BCUT2D eigenvalue weighted by atomic mass is 35.5. The summed E-state index contributed by atoms with van der Waals surface area (Å²) in [5, 5.41) is 7.60. The van der Waals surface area contributed by atoms with Crippen molar-refractivity contribution in [1.29, 1.82) is 0 Å². The third-order valence-corrected chi connectivity index (χ3v) is 4.45. The molecule has 1 aromatic rings. The summed E-state index contributed by atoms with van der Waals surface area (Å²) in [6.07, 6.45) is 4.95. The maximum absolute atomic E-state index is 12.9. The summed E-state index contributed by atoms with van der Waals surface area (Å²) in [6.45, 7) is 5.90.